The van der Waals surface area contributed by atoms with Crippen molar-refractivity contribution >= 4 is 15.9 Å². The van der Waals surface area contributed by atoms with Crippen LogP contribution in [0.4, 0.5) is 8.78 Å². The Morgan fingerprint density at radius 3 is 2.50 bits per heavy atom. The zero-order chi connectivity index (χ0) is 20.3. The van der Waals surface area contributed by atoms with Crippen LogP contribution in [0.1, 0.15) is 37.8 Å². The van der Waals surface area contributed by atoms with E-state index in [0.717, 1.165) is 18.6 Å². The highest BCUT2D eigenvalue weighted by Crippen LogP contribution is 2.26. The molecule has 0 bridgehead atoms. The molecule has 8 heteroatoms. The minimum Gasteiger partial charge on any atom is -0.348 e. The number of piperidine rings is 1. The van der Waals surface area contributed by atoms with Gasteiger partial charge in [0.15, 0.2) is 11.6 Å². The highest BCUT2D eigenvalue weighted by Gasteiger charge is 2.37. The quantitative estimate of drug-likeness (QED) is 0.825. The van der Waals surface area contributed by atoms with Gasteiger partial charge in [-0.1, -0.05) is 30.7 Å². The van der Waals surface area contributed by atoms with E-state index in [-0.39, 0.29) is 11.4 Å². The summed E-state index contributed by atoms with van der Waals surface area (Å²) in [6, 6.07) is 9.99. The fourth-order valence-electron chi connectivity index (χ4n) is 3.36. The molecule has 1 N–H and O–H groups in total. The van der Waals surface area contributed by atoms with Gasteiger partial charge in [0.25, 0.3) is 0 Å². The van der Waals surface area contributed by atoms with E-state index < -0.39 is 39.6 Å². The largest absolute Gasteiger partial charge is 0.348 e. The monoisotopic (exact) mass is 408 g/mol. The van der Waals surface area contributed by atoms with Gasteiger partial charge in [-0.15, -0.1) is 0 Å². The molecule has 2 aromatic carbocycles. The van der Waals surface area contributed by atoms with E-state index in [2.05, 4.69) is 5.32 Å². The molecular formula is C20H22F2N2O3S. The molecule has 0 aliphatic carbocycles. The fourth-order valence-corrected chi connectivity index (χ4v) is 5.03. The topological polar surface area (TPSA) is 66.5 Å². The van der Waals surface area contributed by atoms with Gasteiger partial charge < -0.3 is 5.32 Å². The summed E-state index contributed by atoms with van der Waals surface area (Å²) in [5.41, 5.74) is 0.403. The van der Waals surface area contributed by atoms with Crippen molar-refractivity contribution in [2.75, 3.05) is 6.54 Å². The molecule has 3 rings (SSSR count). The van der Waals surface area contributed by atoms with E-state index in [0.29, 0.717) is 18.4 Å². The van der Waals surface area contributed by atoms with E-state index in [1.54, 1.807) is 25.1 Å². The Morgan fingerprint density at radius 1 is 1.11 bits per heavy atom. The molecule has 0 radical (unpaired) electrons. The lowest BCUT2D eigenvalue weighted by Gasteiger charge is -2.34. The van der Waals surface area contributed by atoms with Gasteiger partial charge in [0.05, 0.1) is 10.9 Å². The van der Waals surface area contributed by atoms with Gasteiger partial charge in [-0.05, 0) is 49.6 Å². The van der Waals surface area contributed by atoms with Crippen LogP contribution in [0.2, 0.25) is 0 Å². The Morgan fingerprint density at radius 2 is 1.82 bits per heavy atom. The summed E-state index contributed by atoms with van der Waals surface area (Å²) in [6.07, 6.45) is 1.81. The summed E-state index contributed by atoms with van der Waals surface area (Å²) in [5, 5.41) is 2.73. The predicted octanol–water partition coefficient (Wildman–Crippen LogP) is 3.39. The lowest BCUT2D eigenvalue weighted by molar-refractivity contribution is -0.126. The zero-order valence-electron chi connectivity index (χ0n) is 15.4. The van der Waals surface area contributed by atoms with E-state index in [9.17, 15) is 22.0 Å². The molecule has 1 aliphatic heterocycles. The molecule has 1 amide bonds. The molecule has 1 heterocycles. The van der Waals surface area contributed by atoms with Crippen molar-refractivity contribution in [3.8, 4) is 0 Å². The Labute approximate surface area is 163 Å². The van der Waals surface area contributed by atoms with Crippen molar-refractivity contribution in [1.29, 1.82) is 0 Å². The van der Waals surface area contributed by atoms with E-state index in [1.807, 2.05) is 0 Å². The van der Waals surface area contributed by atoms with Crippen LogP contribution in [0.5, 0.6) is 0 Å². The number of benzene rings is 2. The summed E-state index contributed by atoms with van der Waals surface area (Å²) < 4.78 is 53.8. The van der Waals surface area contributed by atoms with Crippen LogP contribution in [-0.4, -0.2) is 31.2 Å². The number of amides is 1. The van der Waals surface area contributed by atoms with Crippen LogP contribution >= 0.6 is 0 Å². The van der Waals surface area contributed by atoms with E-state index in [4.69, 9.17) is 0 Å². The molecule has 1 aliphatic rings. The third-order valence-electron chi connectivity index (χ3n) is 4.91. The number of sulfonamides is 1. The number of rotatable bonds is 5. The molecule has 2 aromatic rings. The Balaban J connectivity index is 1.79. The second kappa shape index (κ2) is 8.36. The minimum absolute atomic E-state index is 0.142. The van der Waals surface area contributed by atoms with Crippen LogP contribution in [0.25, 0.3) is 0 Å². The molecule has 150 valence electrons. The smallest absolute Gasteiger partial charge is 0.243 e. The van der Waals surface area contributed by atoms with Crippen molar-refractivity contribution in [3.63, 3.8) is 0 Å². The van der Waals surface area contributed by atoms with Gasteiger partial charge in [-0.25, -0.2) is 17.2 Å². The lowest BCUT2D eigenvalue weighted by atomic mass is 10.0. The number of carbonyl (C=O) groups is 1. The maximum absolute atomic E-state index is 13.5. The molecule has 1 fully saturated rings. The van der Waals surface area contributed by atoms with Crippen molar-refractivity contribution in [2.24, 2.45) is 0 Å². The highest BCUT2D eigenvalue weighted by molar-refractivity contribution is 7.89. The number of nitrogens with zero attached hydrogens (tertiary/aromatic N) is 1. The second-order valence-corrected chi connectivity index (χ2v) is 8.73. The van der Waals surface area contributed by atoms with Crippen LogP contribution in [-0.2, 0) is 14.8 Å². The summed E-state index contributed by atoms with van der Waals surface area (Å²) >= 11 is 0. The third kappa shape index (κ3) is 4.23. The Kier molecular flexibility index (Phi) is 6.10. The Bertz CT molecular complexity index is 951. The van der Waals surface area contributed by atoms with Crippen molar-refractivity contribution in [3.05, 3.63) is 65.7 Å². The van der Waals surface area contributed by atoms with Gasteiger partial charge in [0, 0.05) is 6.54 Å². The molecule has 5 nitrogen and oxygen atoms in total. The maximum atomic E-state index is 13.5. The van der Waals surface area contributed by atoms with Gasteiger partial charge in [-0.2, -0.15) is 4.31 Å². The molecular weight excluding hydrogens is 386 g/mol. The summed E-state index contributed by atoms with van der Waals surface area (Å²) in [7, 11) is -3.81. The molecule has 2 atom stereocenters. The van der Waals surface area contributed by atoms with E-state index in [1.165, 1.54) is 22.5 Å². The maximum Gasteiger partial charge on any atom is 0.243 e. The Hall–Kier alpha value is -2.32. The van der Waals surface area contributed by atoms with Crippen LogP contribution in [0.3, 0.4) is 0 Å². The molecule has 0 unspecified atom stereocenters. The second-order valence-electron chi connectivity index (χ2n) is 6.84. The highest BCUT2D eigenvalue weighted by atomic mass is 32.2. The van der Waals surface area contributed by atoms with Gasteiger partial charge in [0.1, 0.15) is 6.04 Å². The number of hydrogen-bond acceptors (Lipinski definition) is 3. The first kappa shape index (κ1) is 20.4. The number of carbonyl (C=O) groups excluding carboxylic acids is 1. The van der Waals surface area contributed by atoms with Crippen molar-refractivity contribution in [2.45, 2.75) is 43.2 Å². The molecule has 0 aromatic heterocycles. The zero-order valence-corrected chi connectivity index (χ0v) is 16.3. The summed E-state index contributed by atoms with van der Waals surface area (Å²) in [6.45, 7) is 1.90. The first-order valence-electron chi connectivity index (χ1n) is 9.13. The molecule has 1 saturated heterocycles. The standard InChI is InChI=1S/C20H22F2N2O3S/c1-14(15-10-11-17(21)18(22)13-15)23-20(25)19-9-5-6-12-24(19)28(26,27)16-7-3-2-4-8-16/h2-4,7-8,10-11,13-14,19H,5-6,9,12H2,1H3,(H,23,25)/t14-,19+/m1/s1. The first-order valence-corrected chi connectivity index (χ1v) is 10.6. The summed E-state index contributed by atoms with van der Waals surface area (Å²) in [5.74, 6) is -2.41. The molecule has 28 heavy (non-hydrogen) atoms. The van der Waals surface area contributed by atoms with Crippen LogP contribution < -0.4 is 5.32 Å². The van der Waals surface area contributed by atoms with Crippen molar-refractivity contribution < 1.29 is 22.0 Å². The normalized spacial score (nSPS) is 19.2. The average molecular weight is 408 g/mol. The van der Waals surface area contributed by atoms with Crippen molar-refractivity contribution in [1.82, 2.24) is 9.62 Å². The minimum atomic E-state index is -3.81. The number of nitrogens with one attached hydrogen (secondary N) is 1. The predicted molar refractivity (Wildman–Crippen MR) is 101 cm³/mol. The first-order chi connectivity index (χ1) is 13.3. The molecule has 0 spiro atoms. The van der Waals surface area contributed by atoms with Gasteiger partial charge >= 0.3 is 0 Å². The fraction of sp³-hybridized carbons (Fsp3) is 0.350. The third-order valence-corrected chi connectivity index (χ3v) is 6.83. The molecule has 0 saturated carbocycles. The lowest BCUT2D eigenvalue weighted by Crippen LogP contribution is -2.52. The van der Waals surface area contributed by atoms with E-state index >= 15 is 0 Å². The van der Waals surface area contributed by atoms with Gasteiger partial charge in [0.2, 0.25) is 15.9 Å². The van der Waals surface area contributed by atoms with Gasteiger partial charge in [-0.3, -0.25) is 4.79 Å². The van der Waals surface area contributed by atoms with Crippen LogP contribution in [0, 0.1) is 11.6 Å². The average Bonchev–Trinajstić information content (AvgIpc) is 2.70. The SMILES string of the molecule is C[C@@H](NC(=O)[C@@H]1CCCCN1S(=O)(=O)c1ccccc1)c1ccc(F)c(F)c1. The summed E-state index contributed by atoms with van der Waals surface area (Å²) in [4.78, 5) is 13.0. The number of hydrogen-bond donors (Lipinski definition) is 1. The number of halogens is 2. The van der Waals surface area contributed by atoms with Crippen LogP contribution in [0.15, 0.2) is 53.4 Å².